The Labute approximate surface area is 107 Å². The molecule has 0 bridgehead atoms. The second kappa shape index (κ2) is 6.28. The highest BCUT2D eigenvalue weighted by atomic mass is 16.6. The fourth-order valence-electron chi connectivity index (χ4n) is 1.71. The molecule has 0 radical (unpaired) electrons. The molecule has 0 aliphatic rings. The van der Waals surface area contributed by atoms with Crippen molar-refractivity contribution in [1.82, 2.24) is 9.97 Å². The molecule has 0 fully saturated rings. The van der Waals surface area contributed by atoms with Gasteiger partial charge in [0.2, 0.25) is 5.95 Å². The van der Waals surface area contributed by atoms with Gasteiger partial charge in [0, 0.05) is 6.54 Å². The van der Waals surface area contributed by atoms with Crippen LogP contribution in [0.1, 0.15) is 38.6 Å². The van der Waals surface area contributed by atoms with Crippen molar-refractivity contribution in [2.24, 2.45) is 5.92 Å². The van der Waals surface area contributed by atoms with Crippen LogP contribution in [0.4, 0.5) is 11.6 Å². The normalized spacial score (nSPS) is 10.7. The van der Waals surface area contributed by atoms with Crippen LogP contribution in [0.25, 0.3) is 0 Å². The van der Waals surface area contributed by atoms with Crippen molar-refractivity contribution in [2.75, 3.05) is 11.9 Å². The third-order valence-electron chi connectivity index (χ3n) is 2.45. The van der Waals surface area contributed by atoms with Crippen molar-refractivity contribution < 1.29 is 4.92 Å². The lowest BCUT2D eigenvalue weighted by atomic mass is 10.1. The third kappa shape index (κ3) is 3.65. The SMILES string of the molecule is CCCNc1nc(C)c([N+](=O)[O-])c(CC(C)C)n1. The molecule has 0 aliphatic carbocycles. The second-order valence-electron chi connectivity index (χ2n) is 4.71. The Kier molecular flexibility index (Phi) is 5.00. The van der Waals surface area contributed by atoms with E-state index in [4.69, 9.17) is 0 Å². The van der Waals surface area contributed by atoms with Crippen LogP contribution < -0.4 is 5.32 Å². The number of nitro groups is 1. The molecule has 0 saturated carbocycles. The van der Waals surface area contributed by atoms with Gasteiger partial charge in [0.15, 0.2) is 0 Å². The zero-order chi connectivity index (χ0) is 13.7. The molecular formula is C12H20N4O2. The molecule has 1 aromatic heterocycles. The summed E-state index contributed by atoms with van der Waals surface area (Å²) >= 11 is 0. The Hall–Kier alpha value is -1.72. The number of nitrogens with one attached hydrogen (secondary N) is 1. The summed E-state index contributed by atoms with van der Waals surface area (Å²) in [7, 11) is 0. The Morgan fingerprint density at radius 3 is 2.56 bits per heavy atom. The first kappa shape index (κ1) is 14.3. The molecule has 100 valence electrons. The summed E-state index contributed by atoms with van der Waals surface area (Å²) in [6, 6.07) is 0. The van der Waals surface area contributed by atoms with E-state index in [2.05, 4.69) is 15.3 Å². The Morgan fingerprint density at radius 2 is 2.06 bits per heavy atom. The van der Waals surface area contributed by atoms with E-state index in [-0.39, 0.29) is 5.69 Å². The first-order valence-electron chi connectivity index (χ1n) is 6.21. The molecule has 0 unspecified atom stereocenters. The summed E-state index contributed by atoms with van der Waals surface area (Å²) in [5.41, 5.74) is 0.983. The Balaban J connectivity index is 3.14. The van der Waals surface area contributed by atoms with E-state index in [1.165, 1.54) is 0 Å². The number of hydrogen-bond acceptors (Lipinski definition) is 5. The zero-order valence-electron chi connectivity index (χ0n) is 11.4. The summed E-state index contributed by atoms with van der Waals surface area (Å²) in [5, 5.41) is 14.1. The minimum atomic E-state index is -0.392. The van der Waals surface area contributed by atoms with E-state index in [9.17, 15) is 10.1 Å². The smallest absolute Gasteiger partial charge is 0.311 e. The summed E-state index contributed by atoms with van der Waals surface area (Å²) in [4.78, 5) is 19.1. The average Bonchev–Trinajstić information content (AvgIpc) is 2.24. The van der Waals surface area contributed by atoms with Crippen LogP contribution in [0.5, 0.6) is 0 Å². The van der Waals surface area contributed by atoms with Crippen molar-refractivity contribution >= 4 is 11.6 Å². The molecule has 0 aliphatic heterocycles. The topological polar surface area (TPSA) is 81.0 Å². The van der Waals surface area contributed by atoms with E-state index >= 15 is 0 Å². The molecule has 6 nitrogen and oxygen atoms in total. The van der Waals surface area contributed by atoms with Crippen LogP contribution >= 0.6 is 0 Å². The summed E-state index contributed by atoms with van der Waals surface area (Å²) < 4.78 is 0. The van der Waals surface area contributed by atoms with Gasteiger partial charge in [-0.05, 0) is 25.7 Å². The molecule has 0 spiro atoms. The molecule has 1 rings (SSSR count). The van der Waals surface area contributed by atoms with Crippen LogP contribution in [-0.4, -0.2) is 21.4 Å². The lowest BCUT2D eigenvalue weighted by Crippen LogP contribution is -2.11. The predicted molar refractivity (Wildman–Crippen MR) is 70.7 cm³/mol. The van der Waals surface area contributed by atoms with Crippen molar-refractivity contribution in [2.45, 2.75) is 40.5 Å². The largest absolute Gasteiger partial charge is 0.354 e. The molecule has 18 heavy (non-hydrogen) atoms. The molecule has 1 heterocycles. The van der Waals surface area contributed by atoms with Crippen molar-refractivity contribution in [3.05, 3.63) is 21.5 Å². The fourth-order valence-corrected chi connectivity index (χ4v) is 1.71. The molecule has 0 amide bonds. The van der Waals surface area contributed by atoms with E-state index in [0.717, 1.165) is 13.0 Å². The standard InChI is InChI=1S/C12H20N4O2/c1-5-6-13-12-14-9(4)11(16(17)18)10(15-12)7-8(2)3/h8H,5-7H2,1-4H3,(H,13,14,15). The molecule has 6 heteroatoms. The van der Waals surface area contributed by atoms with Crippen molar-refractivity contribution in [3.8, 4) is 0 Å². The monoisotopic (exact) mass is 252 g/mol. The van der Waals surface area contributed by atoms with Gasteiger partial charge in [-0.1, -0.05) is 20.8 Å². The summed E-state index contributed by atoms with van der Waals surface area (Å²) in [6.45, 7) is 8.49. The highest BCUT2D eigenvalue weighted by Gasteiger charge is 2.22. The lowest BCUT2D eigenvalue weighted by Gasteiger charge is -2.10. The van der Waals surface area contributed by atoms with Gasteiger partial charge in [0.25, 0.3) is 0 Å². The minimum Gasteiger partial charge on any atom is -0.354 e. The summed E-state index contributed by atoms with van der Waals surface area (Å²) in [6.07, 6.45) is 1.54. The first-order chi connectivity index (χ1) is 8.45. The third-order valence-corrected chi connectivity index (χ3v) is 2.45. The number of aryl methyl sites for hydroxylation is 1. The average molecular weight is 252 g/mol. The van der Waals surface area contributed by atoms with Crippen LogP contribution in [-0.2, 0) is 6.42 Å². The van der Waals surface area contributed by atoms with Gasteiger partial charge < -0.3 is 5.32 Å². The van der Waals surface area contributed by atoms with Crippen LogP contribution in [0, 0.1) is 23.0 Å². The predicted octanol–water partition coefficient (Wildman–Crippen LogP) is 2.71. The van der Waals surface area contributed by atoms with Gasteiger partial charge in [-0.3, -0.25) is 10.1 Å². The van der Waals surface area contributed by atoms with Crippen molar-refractivity contribution in [3.63, 3.8) is 0 Å². The van der Waals surface area contributed by atoms with Gasteiger partial charge in [-0.15, -0.1) is 0 Å². The number of aromatic nitrogens is 2. The first-order valence-corrected chi connectivity index (χ1v) is 6.21. The number of hydrogen-bond donors (Lipinski definition) is 1. The van der Waals surface area contributed by atoms with E-state index in [1.54, 1.807) is 6.92 Å². The van der Waals surface area contributed by atoms with Crippen molar-refractivity contribution in [1.29, 1.82) is 0 Å². The Bertz CT molecular complexity index is 432. The maximum atomic E-state index is 11.1. The van der Waals surface area contributed by atoms with E-state index in [1.807, 2.05) is 20.8 Å². The highest BCUT2D eigenvalue weighted by molar-refractivity contribution is 5.44. The maximum Gasteiger partial charge on any atom is 0.311 e. The minimum absolute atomic E-state index is 0.0470. The molecule has 1 aromatic rings. The van der Waals surface area contributed by atoms with E-state index < -0.39 is 4.92 Å². The van der Waals surface area contributed by atoms with Gasteiger partial charge >= 0.3 is 5.69 Å². The van der Waals surface area contributed by atoms with E-state index in [0.29, 0.717) is 29.7 Å². The maximum absolute atomic E-state index is 11.1. The quantitative estimate of drug-likeness (QED) is 0.622. The van der Waals surface area contributed by atoms with Gasteiger partial charge in [-0.25, -0.2) is 9.97 Å². The molecule has 1 N–H and O–H groups in total. The van der Waals surface area contributed by atoms with Crippen LogP contribution in [0.2, 0.25) is 0 Å². The molecular weight excluding hydrogens is 232 g/mol. The fraction of sp³-hybridized carbons (Fsp3) is 0.667. The zero-order valence-corrected chi connectivity index (χ0v) is 11.4. The number of rotatable bonds is 6. The van der Waals surface area contributed by atoms with Gasteiger partial charge in [0.05, 0.1) is 4.92 Å². The van der Waals surface area contributed by atoms with Gasteiger partial charge in [0.1, 0.15) is 11.4 Å². The Morgan fingerprint density at radius 1 is 1.39 bits per heavy atom. The lowest BCUT2D eigenvalue weighted by molar-refractivity contribution is -0.386. The molecule has 0 aromatic carbocycles. The molecule has 0 atom stereocenters. The van der Waals surface area contributed by atoms with Crippen LogP contribution in [0.15, 0.2) is 0 Å². The number of anilines is 1. The molecule has 0 saturated heterocycles. The highest BCUT2D eigenvalue weighted by Crippen LogP contribution is 2.24. The summed E-state index contributed by atoms with van der Waals surface area (Å²) in [5.74, 6) is 0.799. The van der Waals surface area contributed by atoms with Gasteiger partial charge in [-0.2, -0.15) is 0 Å². The second-order valence-corrected chi connectivity index (χ2v) is 4.71. The number of nitrogens with zero attached hydrogens (tertiary/aromatic N) is 3. The van der Waals surface area contributed by atoms with Crippen LogP contribution in [0.3, 0.4) is 0 Å².